The first-order chi connectivity index (χ1) is 16.3. The van der Waals surface area contributed by atoms with Gasteiger partial charge in [0.05, 0.1) is 28.3 Å². The highest BCUT2D eigenvalue weighted by molar-refractivity contribution is 8.03. The quantitative estimate of drug-likeness (QED) is 0.530. The van der Waals surface area contributed by atoms with Gasteiger partial charge in [0.25, 0.3) is 0 Å². The molecule has 7 heteroatoms. The van der Waals surface area contributed by atoms with Gasteiger partial charge >= 0.3 is 0 Å². The maximum atomic E-state index is 12.9. The van der Waals surface area contributed by atoms with Crippen LogP contribution in [0.25, 0.3) is 0 Å². The van der Waals surface area contributed by atoms with Gasteiger partial charge < -0.3 is 10.6 Å². The molecule has 1 aliphatic carbocycles. The molecule has 0 unspecified atom stereocenters. The van der Waals surface area contributed by atoms with Crippen molar-refractivity contribution in [2.45, 2.75) is 46.0 Å². The van der Waals surface area contributed by atoms with Crippen molar-refractivity contribution in [2.75, 3.05) is 11.1 Å². The van der Waals surface area contributed by atoms with Crippen LogP contribution in [-0.4, -0.2) is 17.4 Å². The molecule has 0 spiro atoms. The van der Waals surface area contributed by atoms with E-state index < -0.39 is 5.92 Å². The molecule has 0 fully saturated rings. The van der Waals surface area contributed by atoms with Gasteiger partial charge in [-0.1, -0.05) is 53.2 Å². The molecule has 0 saturated carbocycles. The number of rotatable bonds is 5. The molecule has 2 aromatic rings. The van der Waals surface area contributed by atoms with Crippen molar-refractivity contribution in [3.8, 4) is 6.07 Å². The number of carbonyl (C=O) groups is 2. The van der Waals surface area contributed by atoms with Gasteiger partial charge in [0.15, 0.2) is 5.78 Å². The van der Waals surface area contributed by atoms with Gasteiger partial charge in [-0.05, 0) is 62.4 Å². The summed E-state index contributed by atoms with van der Waals surface area (Å²) in [5, 5.41) is 17.7. The Hall–Kier alpha value is -3.01. The maximum absolute atomic E-state index is 12.9. The Balaban J connectivity index is 1.61. The van der Waals surface area contributed by atoms with Gasteiger partial charge in [-0.15, -0.1) is 0 Å². The van der Waals surface area contributed by atoms with E-state index in [0.29, 0.717) is 27.6 Å². The van der Waals surface area contributed by atoms with Crippen LogP contribution in [0.15, 0.2) is 58.3 Å². The van der Waals surface area contributed by atoms with E-state index in [4.69, 9.17) is 11.6 Å². The molecule has 34 heavy (non-hydrogen) atoms. The molecule has 0 aromatic heterocycles. The average Bonchev–Trinajstić information content (AvgIpc) is 2.80. The van der Waals surface area contributed by atoms with Crippen molar-refractivity contribution in [1.29, 1.82) is 5.26 Å². The Morgan fingerprint density at radius 1 is 1.18 bits per heavy atom. The summed E-state index contributed by atoms with van der Waals surface area (Å²) in [6, 6.07) is 13.7. The van der Waals surface area contributed by atoms with E-state index in [1.165, 1.54) is 11.8 Å². The van der Waals surface area contributed by atoms with Crippen molar-refractivity contribution >= 4 is 40.7 Å². The van der Waals surface area contributed by atoms with Crippen molar-refractivity contribution in [2.24, 2.45) is 0 Å². The van der Waals surface area contributed by atoms with Gasteiger partial charge in [0.1, 0.15) is 0 Å². The predicted octanol–water partition coefficient (Wildman–Crippen LogP) is 6.07. The lowest BCUT2D eigenvalue weighted by molar-refractivity contribution is -0.116. The molecule has 0 saturated heterocycles. The Morgan fingerprint density at radius 2 is 1.85 bits per heavy atom. The predicted molar refractivity (Wildman–Crippen MR) is 138 cm³/mol. The first-order valence-corrected chi connectivity index (χ1v) is 12.6. The smallest absolute Gasteiger partial charge is 0.234 e. The standard InChI is InChI=1S/C27H26ClN3O2S/c1-15-11-16(2)26(17(3)12-15)31-23(33)14-34-27-20(13-29)24(18-7-9-19(28)10-8-18)25-21(30-27)5-4-6-22(25)32/h7-12,24,30H,4-6,14H2,1-3H3,(H,31,33)/t24-/m0/s1. The number of ketones is 1. The van der Waals surface area contributed by atoms with E-state index in [9.17, 15) is 14.9 Å². The third-order valence-electron chi connectivity index (χ3n) is 6.16. The first-order valence-electron chi connectivity index (χ1n) is 11.2. The fourth-order valence-corrected chi connectivity index (χ4v) is 5.70. The molecule has 4 rings (SSSR count). The van der Waals surface area contributed by atoms with Crippen molar-refractivity contribution in [1.82, 2.24) is 5.32 Å². The number of halogens is 1. The number of carbonyl (C=O) groups excluding carboxylic acids is 2. The normalized spacial score (nSPS) is 17.7. The number of benzene rings is 2. The minimum atomic E-state index is -0.460. The zero-order valence-corrected chi connectivity index (χ0v) is 21.0. The van der Waals surface area contributed by atoms with Crippen LogP contribution >= 0.6 is 23.4 Å². The number of allylic oxidation sites excluding steroid dienone is 3. The number of nitrogens with one attached hydrogen (secondary N) is 2. The van der Waals surface area contributed by atoms with E-state index in [1.807, 2.05) is 45.0 Å². The molecular formula is C27H26ClN3O2S. The van der Waals surface area contributed by atoms with E-state index >= 15 is 0 Å². The van der Waals surface area contributed by atoms with Crippen LogP contribution in [0, 0.1) is 32.1 Å². The highest BCUT2D eigenvalue weighted by Crippen LogP contribution is 2.44. The number of hydrogen-bond acceptors (Lipinski definition) is 5. The summed E-state index contributed by atoms with van der Waals surface area (Å²) < 4.78 is 0. The van der Waals surface area contributed by atoms with E-state index in [0.717, 1.165) is 46.5 Å². The minimum Gasteiger partial charge on any atom is -0.352 e. The molecule has 0 bridgehead atoms. The maximum Gasteiger partial charge on any atom is 0.234 e. The molecule has 1 aliphatic heterocycles. The van der Waals surface area contributed by atoms with Gasteiger partial charge in [0.2, 0.25) is 5.91 Å². The number of anilines is 1. The lowest BCUT2D eigenvalue weighted by atomic mass is 9.77. The number of aryl methyl sites for hydroxylation is 3. The molecule has 1 atom stereocenters. The second-order valence-corrected chi connectivity index (χ2v) is 10.2. The Kier molecular flexibility index (Phi) is 7.16. The number of dihydropyridines is 1. The summed E-state index contributed by atoms with van der Waals surface area (Å²) in [6.45, 7) is 5.99. The minimum absolute atomic E-state index is 0.0635. The number of hydrogen-bond donors (Lipinski definition) is 2. The summed E-state index contributed by atoms with van der Waals surface area (Å²) in [7, 11) is 0. The van der Waals surface area contributed by atoms with Gasteiger partial charge in [-0.2, -0.15) is 5.26 Å². The molecule has 2 N–H and O–H groups in total. The van der Waals surface area contributed by atoms with Gasteiger partial charge in [-0.25, -0.2) is 0 Å². The monoisotopic (exact) mass is 491 g/mol. The molecule has 2 aromatic carbocycles. The van der Waals surface area contributed by atoms with Crippen molar-refractivity contribution < 1.29 is 9.59 Å². The van der Waals surface area contributed by atoms with Crippen LogP contribution in [0.5, 0.6) is 0 Å². The number of amides is 1. The van der Waals surface area contributed by atoms with Crippen LogP contribution in [0.2, 0.25) is 5.02 Å². The van der Waals surface area contributed by atoms with Crippen LogP contribution in [0.3, 0.4) is 0 Å². The fraction of sp³-hybridized carbons (Fsp3) is 0.296. The third kappa shape index (κ3) is 4.91. The Bertz CT molecular complexity index is 1250. The number of nitrogens with zero attached hydrogens (tertiary/aromatic N) is 1. The summed E-state index contributed by atoms with van der Waals surface area (Å²) in [5.41, 5.74) is 6.81. The molecule has 2 aliphatic rings. The van der Waals surface area contributed by atoms with Crippen LogP contribution < -0.4 is 10.6 Å². The summed E-state index contributed by atoms with van der Waals surface area (Å²) in [6.07, 6.45) is 1.98. The molecule has 1 amide bonds. The summed E-state index contributed by atoms with van der Waals surface area (Å²) in [4.78, 5) is 25.7. The first kappa shape index (κ1) is 24.1. The van der Waals surface area contributed by atoms with Crippen LogP contribution in [-0.2, 0) is 9.59 Å². The van der Waals surface area contributed by atoms with E-state index in [1.54, 1.807) is 12.1 Å². The lowest BCUT2D eigenvalue weighted by Crippen LogP contribution is -2.31. The van der Waals surface area contributed by atoms with Crippen molar-refractivity contribution in [3.63, 3.8) is 0 Å². The second-order valence-electron chi connectivity index (χ2n) is 8.74. The van der Waals surface area contributed by atoms with Gasteiger partial charge in [-0.3, -0.25) is 9.59 Å². The largest absolute Gasteiger partial charge is 0.352 e. The summed E-state index contributed by atoms with van der Waals surface area (Å²) >= 11 is 7.37. The molecular weight excluding hydrogens is 466 g/mol. The van der Waals surface area contributed by atoms with Gasteiger partial charge in [0, 0.05) is 28.4 Å². The second kappa shape index (κ2) is 10.1. The lowest BCUT2D eigenvalue weighted by Gasteiger charge is -2.33. The zero-order valence-electron chi connectivity index (χ0n) is 19.4. The fourth-order valence-electron chi connectivity index (χ4n) is 4.72. The van der Waals surface area contributed by atoms with E-state index in [2.05, 4.69) is 16.7 Å². The number of Topliss-reactive ketones (excluding diaryl/α,β-unsaturated/α-hetero) is 1. The highest BCUT2D eigenvalue weighted by Gasteiger charge is 2.37. The Labute approximate surface area is 209 Å². The Morgan fingerprint density at radius 3 is 2.50 bits per heavy atom. The topological polar surface area (TPSA) is 82.0 Å². The molecule has 5 nitrogen and oxygen atoms in total. The van der Waals surface area contributed by atoms with Crippen LogP contribution in [0.1, 0.15) is 47.4 Å². The van der Waals surface area contributed by atoms with Crippen molar-refractivity contribution in [3.05, 3.63) is 85.5 Å². The third-order valence-corrected chi connectivity index (χ3v) is 7.42. The zero-order chi connectivity index (χ0) is 24.4. The highest BCUT2D eigenvalue weighted by atomic mass is 35.5. The number of nitriles is 1. The van der Waals surface area contributed by atoms with Crippen LogP contribution in [0.4, 0.5) is 5.69 Å². The van der Waals surface area contributed by atoms with E-state index in [-0.39, 0.29) is 17.4 Å². The SMILES string of the molecule is Cc1cc(C)c(NC(=O)CSC2=C(C#N)[C@H](c3ccc(Cl)cc3)C3=C(CCCC3=O)N2)c(C)c1. The molecule has 1 heterocycles. The average molecular weight is 492 g/mol. The molecule has 0 radical (unpaired) electrons. The number of thioether (sulfide) groups is 1. The summed E-state index contributed by atoms with van der Waals surface area (Å²) in [5.74, 6) is -0.398. The molecule has 174 valence electrons.